The summed E-state index contributed by atoms with van der Waals surface area (Å²) in [6.45, 7) is 1.25. The molecule has 2 amide bonds. The van der Waals surface area contributed by atoms with Gasteiger partial charge in [-0.05, 0) is 36.6 Å². The summed E-state index contributed by atoms with van der Waals surface area (Å²) in [4.78, 5) is 25.6. The number of fused-ring (bicyclic) bond motifs is 1. The van der Waals surface area contributed by atoms with Gasteiger partial charge in [-0.2, -0.15) is 0 Å². The first-order valence-electron chi connectivity index (χ1n) is 7.17. The second-order valence-electron chi connectivity index (χ2n) is 5.33. The summed E-state index contributed by atoms with van der Waals surface area (Å²) in [6, 6.07) is 5.45. The van der Waals surface area contributed by atoms with Gasteiger partial charge in [-0.1, -0.05) is 0 Å². The van der Waals surface area contributed by atoms with Gasteiger partial charge in [0, 0.05) is 18.8 Å². The molecule has 0 radical (unpaired) electrons. The number of hydrogen-bond donors (Lipinski definition) is 2. The highest BCUT2D eigenvalue weighted by Gasteiger charge is 2.31. The minimum Gasteiger partial charge on any atom is -0.497 e. The molecule has 2 heterocycles. The second kappa shape index (κ2) is 5.73. The Labute approximate surface area is 123 Å². The molecule has 1 saturated heterocycles. The molecule has 0 saturated carbocycles. The zero-order valence-corrected chi connectivity index (χ0v) is 12.0. The number of amides is 2. The highest BCUT2D eigenvalue weighted by atomic mass is 16.5. The van der Waals surface area contributed by atoms with Gasteiger partial charge in [0.05, 0.1) is 13.7 Å². The fraction of sp³-hybridized carbons (Fsp3) is 0.467. The Hall–Kier alpha value is -2.08. The predicted octanol–water partition coefficient (Wildman–Crippen LogP) is 0.0624. The summed E-state index contributed by atoms with van der Waals surface area (Å²) in [6.07, 6.45) is 1.89. The van der Waals surface area contributed by atoms with Crippen molar-refractivity contribution >= 4 is 17.5 Å². The molecular formula is C15H19N3O3. The molecule has 1 atom stereocenters. The van der Waals surface area contributed by atoms with Gasteiger partial charge in [-0.25, -0.2) is 0 Å². The van der Waals surface area contributed by atoms with Crippen molar-refractivity contribution in [2.24, 2.45) is 0 Å². The Kier molecular flexibility index (Phi) is 3.79. The third kappa shape index (κ3) is 2.71. The lowest BCUT2D eigenvalue weighted by Gasteiger charge is -2.34. The molecule has 2 aliphatic rings. The second-order valence-corrected chi connectivity index (χ2v) is 5.33. The SMILES string of the molecule is COc1ccc2c(c1)CCCN2C(=O)C1CNC(=O)CN1. The molecule has 0 bridgehead atoms. The lowest BCUT2D eigenvalue weighted by atomic mass is 10.00. The van der Waals surface area contributed by atoms with E-state index in [0.29, 0.717) is 13.1 Å². The number of piperazine rings is 1. The molecule has 0 spiro atoms. The van der Waals surface area contributed by atoms with Crippen molar-refractivity contribution in [3.63, 3.8) is 0 Å². The van der Waals surface area contributed by atoms with Crippen LogP contribution in [0.15, 0.2) is 18.2 Å². The van der Waals surface area contributed by atoms with E-state index in [1.165, 1.54) is 0 Å². The minimum atomic E-state index is -0.351. The zero-order chi connectivity index (χ0) is 14.8. The van der Waals surface area contributed by atoms with Crippen molar-refractivity contribution in [2.75, 3.05) is 31.6 Å². The summed E-state index contributed by atoms with van der Waals surface area (Å²) in [5.41, 5.74) is 2.08. The van der Waals surface area contributed by atoms with Gasteiger partial charge >= 0.3 is 0 Å². The molecule has 1 aromatic carbocycles. The van der Waals surface area contributed by atoms with Crippen molar-refractivity contribution in [3.05, 3.63) is 23.8 Å². The van der Waals surface area contributed by atoms with Crippen molar-refractivity contribution in [1.29, 1.82) is 0 Å². The number of carbonyl (C=O) groups excluding carboxylic acids is 2. The molecule has 1 aromatic rings. The van der Waals surface area contributed by atoms with E-state index in [-0.39, 0.29) is 24.4 Å². The standard InChI is InChI=1S/C15H19N3O3/c1-21-11-4-5-13-10(7-11)3-2-6-18(13)15(20)12-8-17-14(19)9-16-12/h4-5,7,12,16H,2-3,6,8-9H2,1H3,(H,17,19). The van der Waals surface area contributed by atoms with Crippen LogP contribution in [0, 0.1) is 0 Å². The van der Waals surface area contributed by atoms with E-state index in [1.54, 1.807) is 7.11 Å². The van der Waals surface area contributed by atoms with E-state index in [2.05, 4.69) is 10.6 Å². The Bertz CT molecular complexity index is 563. The molecule has 1 fully saturated rings. The van der Waals surface area contributed by atoms with Crippen molar-refractivity contribution in [2.45, 2.75) is 18.9 Å². The smallest absolute Gasteiger partial charge is 0.245 e. The number of ether oxygens (including phenoxy) is 1. The van der Waals surface area contributed by atoms with Crippen LogP contribution in [0.5, 0.6) is 5.75 Å². The van der Waals surface area contributed by atoms with Crippen molar-refractivity contribution in [1.82, 2.24) is 10.6 Å². The van der Waals surface area contributed by atoms with E-state index in [4.69, 9.17) is 4.74 Å². The quantitative estimate of drug-likeness (QED) is 0.808. The van der Waals surface area contributed by atoms with Crippen molar-refractivity contribution < 1.29 is 14.3 Å². The molecular weight excluding hydrogens is 270 g/mol. The average molecular weight is 289 g/mol. The fourth-order valence-corrected chi connectivity index (χ4v) is 2.86. The number of methoxy groups -OCH3 is 1. The normalized spacial score (nSPS) is 21.5. The number of anilines is 1. The van der Waals surface area contributed by atoms with E-state index < -0.39 is 0 Å². The van der Waals surface area contributed by atoms with Crippen LogP contribution in [-0.2, 0) is 16.0 Å². The average Bonchev–Trinajstić information content (AvgIpc) is 2.53. The van der Waals surface area contributed by atoms with Crippen LogP contribution < -0.4 is 20.3 Å². The van der Waals surface area contributed by atoms with Gasteiger partial charge < -0.3 is 15.0 Å². The third-order valence-corrected chi connectivity index (χ3v) is 3.98. The monoisotopic (exact) mass is 289 g/mol. The molecule has 0 aromatic heterocycles. The first-order chi connectivity index (χ1) is 10.2. The summed E-state index contributed by atoms with van der Waals surface area (Å²) in [7, 11) is 1.64. The molecule has 2 aliphatic heterocycles. The predicted molar refractivity (Wildman–Crippen MR) is 78.5 cm³/mol. The highest BCUT2D eigenvalue weighted by Crippen LogP contribution is 2.30. The first kappa shape index (κ1) is 13.9. The molecule has 2 N–H and O–H groups in total. The van der Waals surface area contributed by atoms with Crippen LogP contribution >= 0.6 is 0 Å². The van der Waals surface area contributed by atoms with Crippen LogP contribution in [0.2, 0.25) is 0 Å². The lowest BCUT2D eigenvalue weighted by molar-refractivity contribution is -0.125. The topological polar surface area (TPSA) is 70.7 Å². The molecule has 112 valence electrons. The number of nitrogens with one attached hydrogen (secondary N) is 2. The van der Waals surface area contributed by atoms with E-state index in [0.717, 1.165) is 29.8 Å². The Morgan fingerprint density at radius 1 is 1.43 bits per heavy atom. The van der Waals surface area contributed by atoms with E-state index in [9.17, 15) is 9.59 Å². The van der Waals surface area contributed by atoms with Gasteiger partial charge in [-0.15, -0.1) is 0 Å². The number of benzene rings is 1. The van der Waals surface area contributed by atoms with Gasteiger partial charge in [-0.3, -0.25) is 14.9 Å². The molecule has 21 heavy (non-hydrogen) atoms. The zero-order valence-electron chi connectivity index (χ0n) is 12.0. The summed E-state index contributed by atoms with van der Waals surface area (Å²) in [5, 5.41) is 5.72. The summed E-state index contributed by atoms with van der Waals surface area (Å²) in [5.74, 6) is 0.759. The van der Waals surface area contributed by atoms with E-state index >= 15 is 0 Å². The summed E-state index contributed by atoms with van der Waals surface area (Å²) >= 11 is 0. The van der Waals surface area contributed by atoms with Crippen LogP contribution in [0.1, 0.15) is 12.0 Å². The van der Waals surface area contributed by atoms with Crippen LogP contribution in [-0.4, -0.2) is 44.6 Å². The Morgan fingerprint density at radius 2 is 2.29 bits per heavy atom. The van der Waals surface area contributed by atoms with Gasteiger partial charge in [0.1, 0.15) is 11.8 Å². The molecule has 6 heteroatoms. The maximum atomic E-state index is 12.7. The van der Waals surface area contributed by atoms with Gasteiger partial charge in [0.15, 0.2) is 0 Å². The minimum absolute atomic E-state index is 0.0149. The Balaban J connectivity index is 1.81. The molecule has 1 unspecified atom stereocenters. The molecule has 3 rings (SSSR count). The van der Waals surface area contributed by atoms with Gasteiger partial charge in [0.2, 0.25) is 11.8 Å². The molecule has 0 aliphatic carbocycles. The Morgan fingerprint density at radius 3 is 3.00 bits per heavy atom. The number of hydrogen-bond acceptors (Lipinski definition) is 4. The fourth-order valence-electron chi connectivity index (χ4n) is 2.86. The van der Waals surface area contributed by atoms with Crippen LogP contribution in [0.25, 0.3) is 0 Å². The maximum absolute atomic E-state index is 12.7. The largest absolute Gasteiger partial charge is 0.497 e. The number of rotatable bonds is 2. The lowest BCUT2D eigenvalue weighted by Crippen LogP contribution is -2.59. The highest BCUT2D eigenvalue weighted by molar-refractivity contribution is 5.99. The maximum Gasteiger partial charge on any atom is 0.245 e. The first-order valence-corrected chi connectivity index (χ1v) is 7.17. The molecule has 6 nitrogen and oxygen atoms in total. The number of aryl methyl sites for hydroxylation is 1. The number of nitrogens with zero attached hydrogens (tertiary/aromatic N) is 1. The van der Waals surface area contributed by atoms with Gasteiger partial charge in [0.25, 0.3) is 0 Å². The summed E-state index contributed by atoms with van der Waals surface area (Å²) < 4.78 is 5.24. The van der Waals surface area contributed by atoms with Crippen LogP contribution in [0.4, 0.5) is 5.69 Å². The van der Waals surface area contributed by atoms with E-state index in [1.807, 2.05) is 23.1 Å². The number of carbonyl (C=O) groups is 2. The van der Waals surface area contributed by atoms with Crippen LogP contribution in [0.3, 0.4) is 0 Å². The third-order valence-electron chi connectivity index (χ3n) is 3.98. The van der Waals surface area contributed by atoms with Crippen molar-refractivity contribution in [3.8, 4) is 5.75 Å².